The largest absolute Gasteiger partial charge is 0.435 e. The zero-order valence-corrected chi connectivity index (χ0v) is 16.4. The maximum atomic E-state index is 12.5. The van der Waals surface area contributed by atoms with Crippen LogP contribution in [0, 0.1) is 0 Å². The number of benzene rings is 2. The molecule has 0 aliphatic rings. The minimum Gasteiger partial charge on any atom is -0.435 e. The average Bonchev–Trinajstić information content (AvgIpc) is 2.67. The van der Waals surface area contributed by atoms with E-state index >= 15 is 0 Å². The molecule has 0 saturated carbocycles. The smallest absolute Gasteiger partial charge is 0.387 e. The maximum absolute atomic E-state index is 12.5. The van der Waals surface area contributed by atoms with Crippen molar-refractivity contribution in [2.45, 2.75) is 31.9 Å². The van der Waals surface area contributed by atoms with Gasteiger partial charge in [-0.25, -0.2) is 8.42 Å². The van der Waals surface area contributed by atoms with Crippen molar-refractivity contribution in [3.05, 3.63) is 59.7 Å². The minimum absolute atomic E-state index is 0.103. The summed E-state index contributed by atoms with van der Waals surface area (Å²) < 4.78 is 55.1. The molecule has 0 radical (unpaired) electrons. The summed E-state index contributed by atoms with van der Waals surface area (Å²) in [6.45, 7) is 1.49. The summed E-state index contributed by atoms with van der Waals surface area (Å²) in [6.07, 6.45) is 0. The van der Waals surface area contributed by atoms with E-state index in [1.54, 1.807) is 26.0 Å². The summed E-state index contributed by atoms with van der Waals surface area (Å²) in [7, 11) is -3.54. The Balaban J connectivity index is 2.03. The van der Waals surface area contributed by atoms with Gasteiger partial charge in [-0.15, -0.1) is 0 Å². The summed E-state index contributed by atoms with van der Waals surface area (Å²) >= 11 is 0. The number of carbonyl (C=O) groups is 1. The number of nitrogens with zero attached hydrogens (tertiary/aromatic N) is 1. The maximum Gasteiger partial charge on any atom is 0.387 e. The van der Waals surface area contributed by atoms with Crippen LogP contribution in [0.5, 0.6) is 5.75 Å². The molecule has 1 amide bonds. The molecule has 152 valence electrons. The van der Waals surface area contributed by atoms with Crippen LogP contribution >= 0.6 is 0 Å². The number of rotatable bonds is 9. The summed E-state index contributed by atoms with van der Waals surface area (Å²) in [5.41, 5.74) is 0.880. The summed E-state index contributed by atoms with van der Waals surface area (Å²) in [4.78, 5) is 12.4. The van der Waals surface area contributed by atoms with Crippen LogP contribution < -0.4 is 10.1 Å². The van der Waals surface area contributed by atoms with Gasteiger partial charge >= 0.3 is 6.61 Å². The second-order valence-electron chi connectivity index (χ2n) is 5.82. The van der Waals surface area contributed by atoms with E-state index in [1.807, 2.05) is 0 Å². The van der Waals surface area contributed by atoms with Gasteiger partial charge in [0.1, 0.15) is 5.75 Å². The molecule has 1 N–H and O–H groups in total. The molecular formula is C19H22F2N2O4S. The molecule has 9 heteroatoms. The van der Waals surface area contributed by atoms with E-state index in [0.29, 0.717) is 18.7 Å². The number of nitrogens with one attached hydrogen (secondary N) is 1. The molecule has 0 unspecified atom stereocenters. The fourth-order valence-electron chi connectivity index (χ4n) is 2.59. The molecule has 0 fully saturated rings. The fourth-order valence-corrected chi connectivity index (χ4v) is 4.05. The second kappa shape index (κ2) is 9.61. The van der Waals surface area contributed by atoms with Gasteiger partial charge < -0.3 is 10.1 Å². The number of hydrogen-bond donors (Lipinski definition) is 1. The van der Waals surface area contributed by atoms with Crippen LogP contribution in [0.1, 0.15) is 29.8 Å². The summed E-state index contributed by atoms with van der Waals surface area (Å²) in [5.74, 6) is -0.562. The number of alkyl halides is 2. The highest BCUT2D eigenvalue weighted by atomic mass is 32.2. The van der Waals surface area contributed by atoms with E-state index in [0.717, 1.165) is 0 Å². The van der Waals surface area contributed by atoms with Gasteiger partial charge in [0.2, 0.25) is 10.0 Å². The topological polar surface area (TPSA) is 75.7 Å². The zero-order chi connectivity index (χ0) is 20.7. The Bertz CT molecular complexity index is 898. The molecule has 2 rings (SSSR count). The lowest BCUT2D eigenvalue weighted by Gasteiger charge is -2.18. The van der Waals surface area contributed by atoms with Crippen LogP contribution in [0.25, 0.3) is 0 Å². The molecule has 0 bridgehead atoms. The van der Waals surface area contributed by atoms with Crippen molar-refractivity contribution in [2.75, 3.05) is 13.1 Å². The van der Waals surface area contributed by atoms with E-state index in [-0.39, 0.29) is 22.8 Å². The van der Waals surface area contributed by atoms with Crippen molar-refractivity contribution in [3.8, 4) is 5.75 Å². The molecule has 6 nitrogen and oxygen atoms in total. The van der Waals surface area contributed by atoms with Crippen molar-refractivity contribution in [1.29, 1.82) is 0 Å². The first-order valence-corrected chi connectivity index (χ1v) is 10.1. The second-order valence-corrected chi connectivity index (χ2v) is 7.76. The third kappa shape index (κ3) is 5.49. The number of hydrogen-bond acceptors (Lipinski definition) is 4. The zero-order valence-electron chi connectivity index (χ0n) is 15.6. The Morgan fingerprint density at radius 1 is 1.11 bits per heavy atom. The Morgan fingerprint density at radius 2 is 1.75 bits per heavy atom. The lowest BCUT2D eigenvalue weighted by Crippen LogP contribution is -2.30. The van der Waals surface area contributed by atoms with E-state index < -0.39 is 22.5 Å². The van der Waals surface area contributed by atoms with Crippen LogP contribution in [0.15, 0.2) is 53.4 Å². The highest BCUT2D eigenvalue weighted by molar-refractivity contribution is 7.89. The van der Waals surface area contributed by atoms with Crippen LogP contribution in [0.3, 0.4) is 0 Å². The molecule has 2 aromatic rings. The monoisotopic (exact) mass is 412 g/mol. The Kier molecular flexibility index (Phi) is 7.47. The lowest BCUT2D eigenvalue weighted by molar-refractivity contribution is -0.0498. The quantitative estimate of drug-likeness (QED) is 0.686. The molecule has 0 atom stereocenters. The molecule has 0 spiro atoms. The van der Waals surface area contributed by atoms with Crippen molar-refractivity contribution in [1.82, 2.24) is 9.62 Å². The minimum atomic E-state index is -3.54. The molecule has 2 aromatic carbocycles. The van der Waals surface area contributed by atoms with Gasteiger partial charge in [-0.3, -0.25) is 4.79 Å². The van der Waals surface area contributed by atoms with E-state index in [4.69, 9.17) is 0 Å². The molecule has 0 aliphatic heterocycles. The lowest BCUT2D eigenvalue weighted by atomic mass is 10.2. The molecule has 0 aliphatic carbocycles. The van der Waals surface area contributed by atoms with Crippen LogP contribution in [0.4, 0.5) is 8.78 Å². The van der Waals surface area contributed by atoms with Crippen molar-refractivity contribution >= 4 is 15.9 Å². The van der Waals surface area contributed by atoms with Gasteiger partial charge in [0.05, 0.1) is 4.90 Å². The average molecular weight is 412 g/mol. The van der Waals surface area contributed by atoms with Crippen LogP contribution in [0.2, 0.25) is 0 Å². The van der Waals surface area contributed by atoms with Gasteiger partial charge in [0, 0.05) is 25.2 Å². The molecular weight excluding hydrogens is 390 g/mol. The van der Waals surface area contributed by atoms with E-state index in [9.17, 15) is 22.0 Å². The summed E-state index contributed by atoms with van der Waals surface area (Å²) in [5, 5.41) is 2.66. The van der Waals surface area contributed by atoms with Crippen LogP contribution in [-0.2, 0) is 16.6 Å². The Hall–Kier alpha value is -2.52. The first-order chi connectivity index (χ1) is 13.3. The van der Waals surface area contributed by atoms with Gasteiger partial charge in [-0.1, -0.05) is 32.0 Å². The Labute approximate surface area is 163 Å². The number of sulfonamides is 1. The highest BCUT2D eigenvalue weighted by Crippen LogP contribution is 2.17. The van der Waals surface area contributed by atoms with Crippen molar-refractivity contribution in [3.63, 3.8) is 0 Å². The highest BCUT2D eigenvalue weighted by Gasteiger charge is 2.21. The van der Waals surface area contributed by atoms with E-state index in [2.05, 4.69) is 10.1 Å². The normalized spacial score (nSPS) is 11.6. The standard InChI is InChI=1S/C19H22F2N2O4S/c1-3-23(4-2)28(25,26)17-10-8-14(9-11-17)13-22-18(24)15-6-5-7-16(12-15)27-19(20)21/h5-12,19H,3-4,13H2,1-2H3,(H,22,24). The van der Waals surface area contributed by atoms with Gasteiger partial charge in [0.25, 0.3) is 5.91 Å². The van der Waals surface area contributed by atoms with Gasteiger partial charge in [-0.2, -0.15) is 13.1 Å². The predicted octanol–water partition coefficient (Wildman–Crippen LogP) is 3.25. The third-order valence-corrected chi connectivity index (χ3v) is 6.11. The number of carbonyl (C=O) groups excluding carboxylic acids is 1. The number of halogens is 2. The molecule has 28 heavy (non-hydrogen) atoms. The SMILES string of the molecule is CCN(CC)S(=O)(=O)c1ccc(CNC(=O)c2cccc(OC(F)F)c2)cc1. The molecule has 0 aromatic heterocycles. The summed E-state index contributed by atoms with van der Waals surface area (Å²) in [6, 6.07) is 11.7. The van der Waals surface area contributed by atoms with E-state index in [1.165, 1.54) is 40.7 Å². The van der Waals surface area contributed by atoms with Gasteiger partial charge in [-0.05, 0) is 35.9 Å². The van der Waals surface area contributed by atoms with Crippen molar-refractivity contribution < 1.29 is 26.7 Å². The van der Waals surface area contributed by atoms with Crippen LogP contribution in [-0.4, -0.2) is 38.3 Å². The number of amides is 1. The predicted molar refractivity (Wildman–Crippen MR) is 101 cm³/mol. The first-order valence-electron chi connectivity index (χ1n) is 8.70. The molecule has 0 saturated heterocycles. The Morgan fingerprint density at radius 3 is 2.32 bits per heavy atom. The number of ether oxygens (including phenoxy) is 1. The van der Waals surface area contributed by atoms with Crippen molar-refractivity contribution in [2.24, 2.45) is 0 Å². The third-order valence-electron chi connectivity index (χ3n) is 4.04. The molecule has 0 heterocycles. The fraction of sp³-hybridized carbons (Fsp3) is 0.316. The first kappa shape index (κ1) is 21.8. The van der Waals surface area contributed by atoms with Gasteiger partial charge in [0.15, 0.2) is 0 Å².